The van der Waals surface area contributed by atoms with Crippen molar-refractivity contribution in [2.75, 3.05) is 0 Å². The minimum absolute atomic E-state index is 0. The van der Waals surface area contributed by atoms with Gasteiger partial charge in [0.1, 0.15) is 0 Å². The summed E-state index contributed by atoms with van der Waals surface area (Å²) in [4.78, 5) is 0. The Bertz CT molecular complexity index is 19.5. The monoisotopic (exact) mass is 309 g/mol. The zero-order valence-electron chi connectivity index (χ0n) is 7.25. The molecule has 0 aliphatic heterocycles. The van der Waals surface area contributed by atoms with Gasteiger partial charge in [-0.15, -0.1) is 49.6 Å². The van der Waals surface area contributed by atoms with Crippen LogP contribution in [0.3, 0.4) is 0 Å². The molecule has 0 aliphatic rings. The van der Waals surface area contributed by atoms with Gasteiger partial charge in [0.2, 0.25) is 0 Å². The largest absolute Gasteiger partial charge is 3.00 e. The second-order valence-corrected chi connectivity index (χ2v) is 0. The van der Waals surface area contributed by atoms with Crippen LogP contribution in [0.25, 0.3) is 0 Å². The molecule has 0 fully saturated rings. The van der Waals surface area contributed by atoms with E-state index >= 15 is 0 Å². The zero-order chi connectivity index (χ0) is 6.00. The van der Waals surface area contributed by atoms with E-state index in [1.165, 1.54) is 0 Å². The van der Waals surface area contributed by atoms with Gasteiger partial charge in [-0.3, -0.25) is 0 Å². The van der Waals surface area contributed by atoms with Crippen molar-refractivity contribution >= 4 is 67.0 Å². The van der Waals surface area contributed by atoms with E-state index in [1.807, 2.05) is 0 Å². The van der Waals surface area contributed by atoms with Crippen LogP contribution in [-0.4, -0.2) is 17.4 Å². The minimum atomic E-state index is 0. The zero-order valence-corrected chi connectivity index (χ0v) is 12.1. The van der Waals surface area contributed by atoms with E-state index < -0.39 is 0 Å². The summed E-state index contributed by atoms with van der Waals surface area (Å²) < 4.78 is 0. The molecule has 0 spiro atoms. The van der Waals surface area contributed by atoms with E-state index in [1.54, 1.807) is 20.8 Å². The van der Waals surface area contributed by atoms with E-state index in [2.05, 4.69) is 20.8 Å². The van der Waals surface area contributed by atoms with Crippen molar-refractivity contribution in [1.29, 1.82) is 0 Å². The third kappa shape index (κ3) is 279. The second-order valence-electron chi connectivity index (χ2n) is 0. The summed E-state index contributed by atoms with van der Waals surface area (Å²) >= 11 is 0. The van der Waals surface area contributed by atoms with Gasteiger partial charge in [-0.2, -0.15) is 20.8 Å². The Morgan fingerprint density at radius 2 is 0.500 bits per heavy atom. The average molecular weight is 311 g/mol. The van der Waals surface area contributed by atoms with E-state index in [9.17, 15) is 0 Å². The standard InChI is InChI=1S/3C2H5.Al.4ClH.Ti.3H/c3*1-2;;;;;;;;;/h3*1H2,2H3;;4*1H;;;;/q3*-1;;;;;;+3;;;. The topological polar surface area (TPSA) is 0 Å². The Morgan fingerprint density at radius 1 is 0.500 bits per heavy atom. The van der Waals surface area contributed by atoms with Crippen LogP contribution in [0.4, 0.5) is 0 Å². The molecule has 0 amide bonds. The van der Waals surface area contributed by atoms with Crippen LogP contribution < -0.4 is 0 Å². The maximum Gasteiger partial charge on any atom is 3.00 e. The summed E-state index contributed by atoms with van der Waals surface area (Å²) in [6.45, 7) is 15.0. The Kier molecular flexibility index (Phi) is 2630. The van der Waals surface area contributed by atoms with Crippen LogP contribution in [0.15, 0.2) is 0 Å². The molecule has 0 heterocycles. The van der Waals surface area contributed by atoms with Crippen molar-refractivity contribution in [3.8, 4) is 0 Å². The molecule has 0 aliphatic carbocycles. The normalized spacial score (nSPS) is 1.50. The molecule has 81 valence electrons. The quantitative estimate of drug-likeness (QED) is 0.476. The van der Waals surface area contributed by atoms with Gasteiger partial charge in [0.25, 0.3) is 0 Å². The molecule has 0 N–H and O–H groups in total. The first-order valence-electron chi connectivity index (χ1n) is 2.12. The molecule has 0 unspecified atom stereocenters. The van der Waals surface area contributed by atoms with E-state index in [0.717, 1.165) is 0 Å². The molecule has 0 atom stereocenters. The molecular weight excluding hydrogens is 289 g/mol. The van der Waals surface area contributed by atoms with Gasteiger partial charge in [0.15, 0.2) is 17.4 Å². The third-order valence-electron chi connectivity index (χ3n) is 0. The average Bonchev–Trinajstić information content (AvgIpc) is 1.81. The first-order valence-corrected chi connectivity index (χ1v) is 2.12. The van der Waals surface area contributed by atoms with Gasteiger partial charge in [-0.25, -0.2) is 0 Å². The molecule has 0 aromatic carbocycles. The maximum atomic E-state index is 3.25. The number of hydrogen-bond acceptors (Lipinski definition) is 0. The van der Waals surface area contributed by atoms with Gasteiger partial charge < -0.3 is 20.8 Å². The van der Waals surface area contributed by atoms with Crippen molar-refractivity contribution in [3.63, 3.8) is 0 Å². The Hall–Kier alpha value is 2.41. The Morgan fingerprint density at radius 3 is 0.500 bits per heavy atom. The Balaban J connectivity index is -0.00000000129. The summed E-state index contributed by atoms with van der Waals surface area (Å²) in [5.74, 6) is 0. The van der Waals surface area contributed by atoms with Crippen LogP contribution in [0.1, 0.15) is 20.8 Å². The molecule has 12 heavy (non-hydrogen) atoms. The number of halogens is 4. The molecule has 0 bridgehead atoms. The molecule has 0 rings (SSSR count). The van der Waals surface area contributed by atoms with Crippen molar-refractivity contribution in [2.45, 2.75) is 20.8 Å². The molecule has 0 aromatic heterocycles. The van der Waals surface area contributed by atoms with E-state index in [-0.39, 0.29) is 88.7 Å². The molecular formula is C6H22AlCl4Ti. The smallest absolute Gasteiger partial charge is 0.346 e. The third-order valence-corrected chi connectivity index (χ3v) is 0. The molecule has 6 heteroatoms. The van der Waals surface area contributed by atoms with Crippen LogP contribution in [0.5, 0.6) is 0 Å². The van der Waals surface area contributed by atoms with Crippen molar-refractivity contribution < 1.29 is 21.7 Å². The fourth-order valence-corrected chi connectivity index (χ4v) is 0. The first-order chi connectivity index (χ1) is 3.00. The maximum absolute atomic E-state index is 3.25. The number of hydrogen-bond donors (Lipinski definition) is 0. The predicted octanol–water partition coefficient (Wildman–Crippen LogP) is 3.02. The van der Waals surface area contributed by atoms with Crippen LogP contribution in [0.2, 0.25) is 0 Å². The van der Waals surface area contributed by atoms with Gasteiger partial charge in [0, 0.05) is 0 Å². The fraction of sp³-hybridized carbons (Fsp3) is 0.500. The molecule has 0 saturated heterocycles. The van der Waals surface area contributed by atoms with E-state index in [0.29, 0.717) is 0 Å². The molecule has 0 aromatic rings. The van der Waals surface area contributed by atoms with Crippen molar-refractivity contribution in [3.05, 3.63) is 20.8 Å². The summed E-state index contributed by atoms with van der Waals surface area (Å²) in [7, 11) is 0. The summed E-state index contributed by atoms with van der Waals surface area (Å²) in [6, 6.07) is 0. The second kappa shape index (κ2) is 356. The summed E-state index contributed by atoms with van der Waals surface area (Å²) in [6.07, 6.45) is 0. The van der Waals surface area contributed by atoms with Crippen molar-refractivity contribution in [2.24, 2.45) is 0 Å². The minimum Gasteiger partial charge on any atom is -0.346 e. The van der Waals surface area contributed by atoms with Gasteiger partial charge in [-0.1, -0.05) is 0 Å². The van der Waals surface area contributed by atoms with Gasteiger partial charge in [-0.05, 0) is 0 Å². The SMILES string of the molecule is Cl.Cl.Cl.Cl.[AlH3].[CH2-]C.[CH2-]C.[CH2-]C.[Ti+3]. The van der Waals surface area contributed by atoms with Crippen LogP contribution in [-0.2, 0) is 21.7 Å². The molecule has 1 radical (unpaired) electrons. The first kappa shape index (κ1) is 88.6. The Labute approximate surface area is 129 Å². The van der Waals surface area contributed by atoms with Gasteiger partial charge in [0.05, 0.1) is 0 Å². The van der Waals surface area contributed by atoms with Crippen molar-refractivity contribution in [1.82, 2.24) is 0 Å². The van der Waals surface area contributed by atoms with Gasteiger partial charge >= 0.3 is 21.7 Å². The fourth-order valence-electron chi connectivity index (χ4n) is 0. The summed E-state index contributed by atoms with van der Waals surface area (Å²) in [5.41, 5.74) is 0. The molecule has 0 saturated carbocycles. The van der Waals surface area contributed by atoms with Crippen LogP contribution >= 0.6 is 49.6 Å². The predicted molar refractivity (Wildman–Crippen MR) is 72.0 cm³/mol. The molecule has 0 nitrogen and oxygen atoms in total. The van der Waals surface area contributed by atoms with E-state index in [4.69, 9.17) is 0 Å². The summed E-state index contributed by atoms with van der Waals surface area (Å²) in [5, 5.41) is 0. The number of rotatable bonds is 0. The van der Waals surface area contributed by atoms with Crippen LogP contribution in [0, 0.1) is 20.8 Å².